The number of nitrogens with one attached hydrogen (secondary N) is 1. The summed E-state index contributed by atoms with van der Waals surface area (Å²) in [7, 11) is -1.19. The predicted molar refractivity (Wildman–Crippen MR) is 122 cm³/mol. The van der Waals surface area contributed by atoms with E-state index < -0.39 is 7.14 Å². The van der Waals surface area contributed by atoms with Gasteiger partial charge in [-0.1, -0.05) is 80.6 Å². The maximum absolute atomic E-state index is 14.8. The van der Waals surface area contributed by atoms with Crippen LogP contribution in [0.2, 0.25) is 0 Å². The second-order valence-corrected chi connectivity index (χ2v) is 11.0. The standard InChI is InChI=1S/C25H28NO2P/c1-18(2)21-17-24(26-22-15-10-16-23(28-3)25(21)22)29(27,19-11-6-4-7-12-19)20-13-8-5-9-14-20/h4-16,18,21,24,26H,17H2,1-3H3. The Morgan fingerprint density at radius 1 is 0.897 bits per heavy atom. The van der Waals surface area contributed by atoms with Gasteiger partial charge in [0.2, 0.25) is 0 Å². The number of hydrogen-bond donors (Lipinski definition) is 1. The van der Waals surface area contributed by atoms with E-state index in [0.29, 0.717) is 5.92 Å². The lowest BCUT2D eigenvalue weighted by Crippen LogP contribution is -2.36. The van der Waals surface area contributed by atoms with Gasteiger partial charge in [0.1, 0.15) is 5.75 Å². The number of methoxy groups -OCH3 is 1. The average Bonchev–Trinajstić information content (AvgIpc) is 2.78. The van der Waals surface area contributed by atoms with Crippen LogP contribution >= 0.6 is 7.14 Å². The highest BCUT2D eigenvalue weighted by Crippen LogP contribution is 2.56. The molecule has 3 aromatic rings. The minimum atomic E-state index is -2.91. The van der Waals surface area contributed by atoms with Crippen molar-refractivity contribution in [2.45, 2.75) is 32.0 Å². The van der Waals surface area contributed by atoms with Gasteiger partial charge in [-0.15, -0.1) is 0 Å². The topological polar surface area (TPSA) is 38.3 Å². The Morgan fingerprint density at radius 3 is 2.00 bits per heavy atom. The first-order chi connectivity index (χ1) is 14.1. The molecule has 0 fully saturated rings. The zero-order valence-corrected chi connectivity index (χ0v) is 18.1. The van der Waals surface area contributed by atoms with E-state index in [1.54, 1.807) is 7.11 Å². The van der Waals surface area contributed by atoms with Crippen molar-refractivity contribution in [3.05, 3.63) is 84.4 Å². The minimum absolute atomic E-state index is 0.167. The number of anilines is 1. The molecular weight excluding hydrogens is 377 g/mol. The Morgan fingerprint density at radius 2 is 1.48 bits per heavy atom. The molecule has 1 aliphatic rings. The van der Waals surface area contributed by atoms with Gasteiger partial charge in [-0.2, -0.15) is 0 Å². The second kappa shape index (κ2) is 8.08. The van der Waals surface area contributed by atoms with Crippen LogP contribution in [-0.2, 0) is 4.57 Å². The summed E-state index contributed by atoms with van der Waals surface area (Å²) >= 11 is 0. The molecule has 29 heavy (non-hydrogen) atoms. The lowest BCUT2D eigenvalue weighted by molar-refractivity contribution is 0.385. The molecule has 0 aromatic heterocycles. The Balaban J connectivity index is 1.88. The number of fused-ring (bicyclic) bond motifs is 1. The molecule has 1 heterocycles. The summed E-state index contributed by atoms with van der Waals surface area (Å²) in [6.45, 7) is 4.47. The van der Waals surface area contributed by atoms with Gasteiger partial charge in [0.15, 0.2) is 7.14 Å². The van der Waals surface area contributed by atoms with Crippen LogP contribution in [-0.4, -0.2) is 12.9 Å². The number of ether oxygens (including phenoxy) is 1. The van der Waals surface area contributed by atoms with Crippen molar-refractivity contribution in [3.63, 3.8) is 0 Å². The van der Waals surface area contributed by atoms with Crippen molar-refractivity contribution in [1.82, 2.24) is 0 Å². The third-order valence-electron chi connectivity index (χ3n) is 5.98. The van der Waals surface area contributed by atoms with Crippen LogP contribution in [0.3, 0.4) is 0 Å². The van der Waals surface area contributed by atoms with Crippen molar-refractivity contribution >= 4 is 23.4 Å². The summed E-state index contributed by atoms with van der Waals surface area (Å²) in [6.07, 6.45) is 0.798. The Kier molecular flexibility index (Phi) is 5.52. The molecule has 0 saturated carbocycles. The van der Waals surface area contributed by atoms with E-state index in [2.05, 4.69) is 25.2 Å². The highest BCUT2D eigenvalue weighted by molar-refractivity contribution is 7.79. The van der Waals surface area contributed by atoms with Crippen LogP contribution in [0.1, 0.15) is 31.7 Å². The average molecular weight is 405 g/mol. The van der Waals surface area contributed by atoms with Gasteiger partial charge in [-0.25, -0.2) is 0 Å². The molecule has 2 unspecified atom stereocenters. The number of hydrogen-bond acceptors (Lipinski definition) is 3. The van der Waals surface area contributed by atoms with Crippen LogP contribution in [0, 0.1) is 5.92 Å². The van der Waals surface area contributed by atoms with Crippen LogP contribution in [0.25, 0.3) is 0 Å². The third kappa shape index (κ3) is 3.49. The fourth-order valence-electron chi connectivity index (χ4n) is 4.48. The van der Waals surface area contributed by atoms with E-state index in [1.807, 2.05) is 72.8 Å². The van der Waals surface area contributed by atoms with Crippen LogP contribution in [0.4, 0.5) is 5.69 Å². The van der Waals surface area contributed by atoms with Crippen molar-refractivity contribution < 1.29 is 9.30 Å². The molecule has 3 aromatic carbocycles. The molecule has 3 nitrogen and oxygen atoms in total. The first-order valence-electron chi connectivity index (χ1n) is 10.2. The van der Waals surface area contributed by atoms with Crippen LogP contribution < -0.4 is 20.7 Å². The molecule has 0 amide bonds. The summed E-state index contributed by atoms with van der Waals surface area (Å²) in [6, 6.07) is 26.0. The normalized spacial score (nSPS) is 18.8. The molecule has 0 aliphatic carbocycles. The number of benzene rings is 3. The summed E-state index contributed by atoms with van der Waals surface area (Å²) in [5, 5.41) is 5.45. The lowest BCUT2D eigenvalue weighted by Gasteiger charge is -2.40. The molecule has 1 aliphatic heterocycles. The zero-order valence-electron chi connectivity index (χ0n) is 17.2. The van der Waals surface area contributed by atoms with E-state index in [-0.39, 0.29) is 11.7 Å². The minimum Gasteiger partial charge on any atom is -0.496 e. The molecule has 0 saturated heterocycles. The summed E-state index contributed by atoms with van der Waals surface area (Å²) in [4.78, 5) is 0. The van der Waals surface area contributed by atoms with E-state index in [4.69, 9.17) is 4.74 Å². The zero-order chi connectivity index (χ0) is 20.4. The van der Waals surface area contributed by atoms with Gasteiger partial charge < -0.3 is 14.6 Å². The van der Waals surface area contributed by atoms with Gasteiger partial charge >= 0.3 is 0 Å². The molecule has 0 bridgehead atoms. The first kappa shape index (κ1) is 19.8. The highest BCUT2D eigenvalue weighted by atomic mass is 31.2. The van der Waals surface area contributed by atoms with E-state index >= 15 is 0 Å². The van der Waals surface area contributed by atoms with Crippen molar-refractivity contribution in [3.8, 4) is 5.75 Å². The van der Waals surface area contributed by atoms with Crippen LogP contribution in [0.15, 0.2) is 78.9 Å². The molecule has 1 N–H and O–H groups in total. The molecule has 4 rings (SSSR count). The van der Waals surface area contributed by atoms with Gasteiger partial charge in [0, 0.05) is 21.9 Å². The van der Waals surface area contributed by atoms with E-state index in [9.17, 15) is 4.57 Å². The van der Waals surface area contributed by atoms with Gasteiger partial charge in [0.25, 0.3) is 0 Å². The van der Waals surface area contributed by atoms with E-state index in [1.165, 1.54) is 5.56 Å². The van der Waals surface area contributed by atoms with Crippen molar-refractivity contribution in [1.29, 1.82) is 0 Å². The molecule has 0 radical (unpaired) electrons. The summed E-state index contributed by atoms with van der Waals surface area (Å²) < 4.78 is 20.5. The maximum Gasteiger partial charge on any atom is 0.164 e. The smallest absolute Gasteiger partial charge is 0.164 e. The number of rotatable bonds is 5. The SMILES string of the molecule is COc1cccc2c1C(C(C)C)CC(P(=O)(c1ccccc1)c1ccccc1)N2. The fourth-order valence-corrected chi connectivity index (χ4v) is 7.57. The molecule has 150 valence electrons. The summed E-state index contributed by atoms with van der Waals surface area (Å²) in [5.74, 6) is 1.42. The highest BCUT2D eigenvalue weighted by Gasteiger charge is 2.42. The van der Waals surface area contributed by atoms with Gasteiger partial charge in [-0.05, 0) is 30.4 Å². The Hall–Kier alpha value is -2.51. The third-order valence-corrected chi connectivity index (χ3v) is 9.33. The van der Waals surface area contributed by atoms with Gasteiger partial charge in [0.05, 0.1) is 12.9 Å². The van der Waals surface area contributed by atoms with Crippen molar-refractivity contribution in [2.24, 2.45) is 5.92 Å². The van der Waals surface area contributed by atoms with Crippen molar-refractivity contribution in [2.75, 3.05) is 12.4 Å². The molecule has 0 spiro atoms. The summed E-state index contributed by atoms with van der Waals surface area (Å²) in [5.41, 5.74) is 2.24. The Labute approximate surface area is 173 Å². The lowest BCUT2D eigenvalue weighted by atomic mass is 9.82. The second-order valence-electron chi connectivity index (χ2n) is 8.00. The fraction of sp³-hybridized carbons (Fsp3) is 0.280. The molecular formula is C25H28NO2P. The monoisotopic (exact) mass is 405 g/mol. The molecule has 2 atom stereocenters. The van der Waals surface area contributed by atoms with Crippen LogP contribution in [0.5, 0.6) is 5.75 Å². The first-order valence-corrected chi connectivity index (χ1v) is 12.0. The molecule has 4 heteroatoms. The maximum atomic E-state index is 14.8. The predicted octanol–water partition coefficient (Wildman–Crippen LogP) is 5.59. The Bertz CT molecular complexity index is 974. The largest absolute Gasteiger partial charge is 0.496 e. The quantitative estimate of drug-likeness (QED) is 0.562. The van der Waals surface area contributed by atoms with E-state index in [0.717, 1.165) is 28.5 Å². The van der Waals surface area contributed by atoms with Gasteiger partial charge in [-0.3, -0.25) is 0 Å².